The normalized spacial score (nSPS) is 19.5. The number of benzene rings is 2. The number of hydrogen-bond donors (Lipinski definition) is 1. The maximum atomic E-state index is 13.1. The second-order valence-corrected chi connectivity index (χ2v) is 9.34. The van der Waals surface area contributed by atoms with Crippen LogP contribution in [0.4, 0.5) is 17.3 Å². The Kier molecular flexibility index (Phi) is 5.13. The molecule has 1 N–H and O–H groups in total. The number of carbonyl (C=O) groups excluding carboxylic acids is 1. The van der Waals surface area contributed by atoms with Crippen LogP contribution in [-0.4, -0.2) is 46.6 Å². The third kappa shape index (κ3) is 3.90. The number of aryl methyl sites for hydroxylation is 1. The molecule has 2 aromatic carbocycles. The number of hydrogen-bond acceptors (Lipinski definition) is 6. The Morgan fingerprint density at radius 2 is 1.91 bits per heavy atom. The summed E-state index contributed by atoms with van der Waals surface area (Å²) in [6.45, 7) is 2.44. The van der Waals surface area contributed by atoms with E-state index in [9.17, 15) is 4.79 Å². The highest BCUT2D eigenvalue weighted by molar-refractivity contribution is 6.40. The first-order valence-corrected chi connectivity index (χ1v) is 11.7. The molecule has 1 aliphatic carbocycles. The first kappa shape index (κ1) is 20.7. The predicted octanol–water partition coefficient (Wildman–Crippen LogP) is 4.70. The van der Waals surface area contributed by atoms with Crippen LogP contribution in [0.5, 0.6) is 5.88 Å². The van der Waals surface area contributed by atoms with Crippen LogP contribution in [0.15, 0.2) is 42.6 Å². The number of amides is 1. The minimum Gasteiger partial charge on any atom is -0.455 e. The Labute approximate surface area is 201 Å². The molecule has 1 aromatic heterocycles. The van der Waals surface area contributed by atoms with Gasteiger partial charge in [0.2, 0.25) is 11.8 Å². The molecule has 3 aromatic rings. The summed E-state index contributed by atoms with van der Waals surface area (Å²) in [5.41, 5.74) is 4.38. The van der Waals surface area contributed by atoms with Crippen LogP contribution < -0.4 is 15.0 Å². The van der Waals surface area contributed by atoms with Gasteiger partial charge in [0.1, 0.15) is 5.56 Å². The molecule has 0 bridgehead atoms. The highest BCUT2D eigenvalue weighted by Gasteiger charge is 2.32. The Hall–Kier alpha value is -2.87. The molecule has 7 nitrogen and oxygen atoms in total. The molecule has 1 fully saturated rings. The SMILES string of the molecule is O=C1c2cnc(Nc3ccc4c(c3)CCC(N3CC3)C4)nc2OCN1c1c(Cl)cccc1Cl. The lowest BCUT2D eigenvalue weighted by Crippen LogP contribution is -2.39. The van der Waals surface area contributed by atoms with Gasteiger partial charge in [0.05, 0.1) is 15.7 Å². The Balaban J connectivity index is 1.21. The van der Waals surface area contributed by atoms with Gasteiger partial charge in [-0.1, -0.05) is 35.3 Å². The van der Waals surface area contributed by atoms with Crippen molar-refractivity contribution in [1.82, 2.24) is 14.9 Å². The molecule has 3 aliphatic rings. The number of para-hydroxylation sites is 1. The van der Waals surface area contributed by atoms with Gasteiger partial charge >= 0.3 is 0 Å². The molecule has 6 rings (SSSR count). The second-order valence-electron chi connectivity index (χ2n) is 8.53. The van der Waals surface area contributed by atoms with E-state index >= 15 is 0 Å². The van der Waals surface area contributed by atoms with Crippen molar-refractivity contribution in [2.45, 2.75) is 25.3 Å². The molecule has 1 amide bonds. The summed E-state index contributed by atoms with van der Waals surface area (Å²) in [7, 11) is 0. The van der Waals surface area contributed by atoms with Gasteiger partial charge in [0.25, 0.3) is 5.91 Å². The van der Waals surface area contributed by atoms with Gasteiger partial charge in [-0.15, -0.1) is 0 Å². The number of nitrogens with zero attached hydrogens (tertiary/aromatic N) is 4. The Morgan fingerprint density at radius 3 is 2.70 bits per heavy atom. The average molecular weight is 482 g/mol. The fourth-order valence-electron chi connectivity index (χ4n) is 4.60. The van der Waals surface area contributed by atoms with Crippen molar-refractivity contribution in [3.05, 3.63) is 69.3 Å². The van der Waals surface area contributed by atoms with E-state index in [-0.39, 0.29) is 24.1 Å². The maximum absolute atomic E-state index is 13.1. The molecule has 3 heterocycles. The summed E-state index contributed by atoms with van der Waals surface area (Å²) in [5, 5.41) is 3.99. The van der Waals surface area contributed by atoms with Crippen molar-refractivity contribution in [3.8, 4) is 5.88 Å². The van der Waals surface area contributed by atoms with Crippen LogP contribution in [0.1, 0.15) is 27.9 Å². The predicted molar refractivity (Wildman–Crippen MR) is 128 cm³/mol. The quantitative estimate of drug-likeness (QED) is 0.544. The van der Waals surface area contributed by atoms with Gasteiger partial charge in [0, 0.05) is 31.0 Å². The molecule has 168 valence electrons. The average Bonchev–Trinajstić information content (AvgIpc) is 3.66. The fraction of sp³-hybridized carbons (Fsp3) is 0.292. The fourth-order valence-corrected chi connectivity index (χ4v) is 5.20. The van der Waals surface area contributed by atoms with Gasteiger partial charge in [-0.3, -0.25) is 14.6 Å². The zero-order chi connectivity index (χ0) is 22.5. The Bertz CT molecular complexity index is 1240. The molecular formula is C24H21Cl2N5O2. The van der Waals surface area contributed by atoms with Crippen molar-refractivity contribution in [3.63, 3.8) is 0 Å². The van der Waals surface area contributed by atoms with Gasteiger partial charge < -0.3 is 10.1 Å². The van der Waals surface area contributed by atoms with Gasteiger partial charge in [-0.25, -0.2) is 4.98 Å². The highest BCUT2D eigenvalue weighted by Crippen LogP contribution is 2.37. The number of anilines is 3. The van der Waals surface area contributed by atoms with Crippen molar-refractivity contribution in [2.24, 2.45) is 0 Å². The molecule has 33 heavy (non-hydrogen) atoms. The van der Waals surface area contributed by atoms with Crippen molar-refractivity contribution < 1.29 is 9.53 Å². The molecule has 0 saturated carbocycles. The van der Waals surface area contributed by atoms with Crippen LogP contribution in [-0.2, 0) is 12.8 Å². The van der Waals surface area contributed by atoms with E-state index in [2.05, 4.69) is 38.4 Å². The van der Waals surface area contributed by atoms with Crippen molar-refractivity contribution >= 4 is 46.4 Å². The third-order valence-corrected chi connectivity index (χ3v) is 7.04. The summed E-state index contributed by atoms with van der Waals surface area (Å²) in [6, 6.07) is 12.2. The molecular weight excluding hydrogens is 461 g/mol. The van der Waals surface area contributed by atoms with Crippen LogP contribution in [0.25, 0.3) is 0 Å². The first-order chi connectivity index (χ1) is 16.1. The van der Waals surface area contributed by atoms with Crippen LogP contribution in [0, 0.1) is 0 Å². The molecule has 1 unspecified atom stereocenters. The number of nitrogens with one attached hydrogen (secondary N) is 1. The summed E-state index contributed by atoms with van der Waals surface area (Å²) >= 11 is 12.5. The number of carbonyl (C=O) groups is 1. The summed E-state index contributed by atoms with van der Waals surface area (Å²) in [4.78, 5) is 25.7. The topological polar surface area (TPSA) is 70.4 Å². The third-order valence-electron chi connectivity index (χ3n) is 6.43. The number of rotatable bonds is 4. The molecule has 0 radical (unpaired) electrons. The van der Waals surface area contributed by atoms with Crippen molar-refractivity contribution in [2.75, 3.05) is 30.0 Å². The van der Waals surface area contributed by atoms with Crippen molar-refractivity contribution in [1.29, 1.82) is 0 Å². The van der Waals surface area contributed by atoms with E-state index in [1.54, 1.807) is 18.2 Å². The van der Waals surface area contributed by atoms with E-state index in [4.69, 9.17) is 27.9 Å². The lowest BCUT2D eigenvalue weighted by atomic mass is 9.88. The second kappa shape index (κ2) is 8.17. The molecule has 0 spiro atoms. The van der Waals surface area contributed by atoms with E-state index in [1.165, 1.54) is 41.7 Å². The smallest absolute Gasteiger partial charge is 0.268 e. The summed E-state index contributed by atoms with van der Waals surface area (Å²) in [5.74, 6) is 0.298. The lowest BCUT2D eigenvalue weighted by Gasteiger charge is -2.29. The minimum atomic E-state index is -0.312. The molecule has 9 heteroatoms. The van der Waals surface area contributed by atoms with Gasteiger partial charge in [-0.2, -0.15) is 4.98 Å². The number of halogens is 2. The standard InChI is InChI=1S/C24H21Cl2N5O2/c25-19-2-1-3-20(26)21(19)31-13-33-22-18(23(31)32)12-27-24(29-22)28-16-6-4-15-11-17(30-8-9-30)7-5-14(15)10-16/h1-4,6,10,12,17H,5,7-9,11,13H2,(H,27,28,29). The Morgan fingerprint density at radius 1 is 1.09 bits per heavy atom. The van der Waals surface area contributed by atoms with Gasteiger partial charge in [-0.05, 0) is 54.7 Å². The maximum Gasteiger partial charge on any atom is 0.268 e. The zero-order valence-electron chi connectivity index (χ0n) is 17.7. The van der Waals surface area contributed by atoms with Crippen LogP contribution in [0.2, 0.25) is 10.0 Å². The number of fused-ring (bicyclic) bond motifs is 2. The largest absolute Gasteiger partial charge is 0.455 e. The van der Waals surface area contributed by atoms with E-state index in [0.717, 1.165) is 18.5 Å². The molecule has 1 saturated heterocycles. The van der Waals surface area contributed by atoms with Crippen LogP contribution in [0.3, 0.4) is 0 Å². The van der Waals surface area contributed by atoms with Gasteiger partial charge in [0.15, 0.2) is 6.73 Å². The molecule has 2 aliphatic heterocycles. The monoisotopic (exact) mass is 481 g/mol. The highest BCUT2D eigenvalue weighted by atomic mass is 35.5. The lowest BCUT2D eigenvalue weighted by molar-refractivity contribution is 0.0932. The zero-order valence-corrected chi connectivity index (χ0v) is 19.2. The van der Waals surface area contributed by atoms with E-state index < -0.39 is 0 Å². The first-order valence-electron chi connectivity index (χ1n) is 11.0. The summed E-state index contributed by atoms with van der Waals surface area (Å²) in [6.07, 6.45) is 4.87. The van der Waals surface area contributed by atoms with E-state index in [1.807, 2.05) is 0 Å². The van der Waals surface area contributed by atoms with Crippen LogP contribution >= 0.6 is 23.2 Å². The number of ether oxygens (including phenoxy) is 1. The minimum absolute atomic E-state index is 0.0389. The van der Waals surface area contributed by atoms with E-state index in [0.29, 0.717) is 27.7 Å². The molecule has 1 atom stereocenters. The number of aromatic nitrogens is 2. The summed E-state index contributed by atoms with van der Waals surface area (Å²) < 4.78 is 5.77.